The monoisotopic (exact) mass is 272 g/mol. The normalized spacial score (nSPS) is 19.6. The number of rotatable bonds is 2. The molecule has 1 aliphatic rings. The lowest BCUT2D eigenvalue weighted by atomic mass is 10.1. The fourth-order valence-electron chi connectivity index (χ4n) is 2.02. The van der Waals surface area contributed by atoms with Gasteiger partial charge in [0, 0.05) is 13.1 Å². The lowest BCUT2D eigenvalue weighted by molar-refractivity contribution is 0.0925. The van der Waals surface area contributed by atoms with Crippen molar-refractivity contribution in [2.45, 2.75) is 18.9 Å². The second kappa shape index (κ2) is 4.60. The van der Waals surface area contributed by atoms with Crippen LogP contribution < -0.4 is 11.1 Å². The molecule has 2 rings (SSSR count). The van der Waals surface area contributed by atoms with Crippen LogP contribution in [0.2, 0.25) is 0 Å². The van der Waals surface area contributed by atoms with Gasteiger partial charge in [-0.05, 0) is 12.8 Å². The van der Waals surface area contributed by atoms with Gasteiger partial charge in [-0.25, -0.2) is 8.42 Å². The summed E-state index contributed by atoms with van der Waals surface area (Å²) in [6, 6.07) is -0.115. The summed E-state index contributed by atoms with van der Waals surface area (Å²) in [6.45, 7) is 0. The van der Waals surface area contributed by atoms with E-state index in [1.807, 2.05) is 0 Å². The lowest BCUT2D eigenvalue weighted by Crippen LogP contribution is -2.41. The molecule has 7 nitrogen and oxygen atoms in total. The van der Waals surface area contributed by atoms with Crippen molar-refractivity contribution in [1.29, 1.82) is 0 Å². The molecule has 0 atom stereocenters. The quantitative estimate of drug-likeness (QED) is 0.741. The maximum Gasteiger partial charge on any atom is 0.271 e. The number of nitrogen functional groups attached to an aromatic ring is 1. The van der Waals surface area contributed by atoms with Gasteiger partial charge in [-0.15, -0.1) is 0 Å². The van der Waals surface area contributed by atoms with Crippen molar-refractivity contribution in [3.63, 3.8) is 0 Å². The largest absolute Gasteiger partial charge is 0.396 e. The SMILES string of the molecule is Cn1ncc(N)c1C(=O)NC1CCS(=O)(=O)CC1. The molecule has 1 saturated heterocycles. The third kappa shape index (κ3) is 2.63. The summed E-state index contributed by atoms with van der Waals surface area (Å²) < 4.78 is 24.0. The van der Waals surface area contributed by atoms with Gasteiger partial charge < -0.3 is 11.1 Å². The van der Waals surface area contributed by atoms with Gasteiger partial charge >= 0.3 is 0 Å². The first-order chi connectivity index (χ1) is 8.39. The third-order valence-corrected chi connectivity index (χ3v) is 4.79. The third-order valence-electron chi connectivity index (χ3n) is 3.07. The summed E-state index contributed by atoms with van der Waals surface area (Å²) >= 11 is 0. The fourth-order valence-corrected chi connectivity index (χ4v) is 3.51. The predicted molar refractivity (Wildman–Crippen MR) is 66.8 cm³/mol. The van der Waals surface area contributed by atoms with E-state index in [-0.39, 0.29) is 23.5 Å². The second-order valence-electron chi connectivity index (χ2n) is 4.47. The maximum absolute atomic E-state index is 12.0. The molecule has 1 fully saturated rings. The molecule has 0 unspecified atom stereocenters. The summed E-state index contributed by atoms with van der Waals surface area (Å²) in [5.41, 5.74) is 6.28. The van der Waals surface area contributed by atoms with Crippen LogP contribution in [-0.4, -0.2) is 41.7 Å². The van der Waals surface area contributed by atoms with E-state index >= 15 is 0 Å². The van der Waals surface area contributed by atoms with Crippen molar-refractivity contribution in [3.05, 3.63) is 11.9 Å². The van der Waals surface area contributed by atoms with Gasteiger partial charge in [0.1, 0.15) is 15.5 Å². The van der Waals surface area contributed by atoms with Gasteiger partial charge in [0.25, 0.3) is 5.91 Å². The Morgan fingerprint density at radius 1 is 1.50 bits per heavy atom. The van der Waals surface area contributed by atoms with Crippen LogP contribution in [0.4, 0.5) is 5.69 Å². The molecule has 1 aliphatic heterocycles. The standard InChI is InChI=1S/C10H16N4O3S/c1-14-9(8(11)6-12-14)10(15)13-7-2-4-18(16,17)5-3-7/h6-7H,2-5,11H2,1H3,(H,13,15). The molecule has 100 valence electrons. The lowest BCUT2D eigenvalue weighted by Gasteiger charge is -2.23. The average molecular weight is 272 g/mol. The molecule has 1 aromatic rings. The zero-order valence-corrected chi connectivity index (χ0v) is 10.9. The Balaban J connectivity index is 2.01. The molecule has 0 spiro atoms. The Kier molecular flexibility index (Phi) is 3.29. The number of aryl methyl sites for hydroxylation is 1. The van der Waals surface area contributed by atoms with Crippen molar-refractivity contribution >= 4 is 21.4 Å². The van der Waals surface area contributed by atoms with Crippen molar-refractivity contribution in [2.24, 2.45) is 7.05 Å². The van der Waals surface area contributed by atoms with Crippen molar-refractivity contribution in [1.82, 2.24) is 15.1 Å². The molecule has 3 N–H and O–H groups in total. The molecule has 0 saturated carbocycles. The Bertz CT molecular complexity index is 530. The first kappa shape index (κ1) is 12.9. The van der Waals surface area contributed by atoms with Crippen molar-refractivity contribution < 1.29 is 13.2 Å². The summed E-state index contributed by atoms with van der Waals surface area (Å²) in [5, 5.41) is 6.68. The Morgan fingerprint density at radius 3 is 2.61 bits per heavy atom. The number of anilines is 1. The molecule has 0 aromatic carbocycles. The molecular formula is C10H16N4O3S. The Morgan fingerprint density at radius 2 is 2.11 bits per heavy atom. The smallest absolute Gasteiger partial charge is 0.271 e. The molecular weight excluding hydrogens is 256 g/mol. The van der Waals surface area contributed by atoms with Gasteiger partial charge in [-0.1, -0.05) is 0 Å². The fraction of sp³-hybridized carbons (Fsp3) is 0.600. The molecule has 0 bridgehead atoms. The summed E-state index contributed by atoms with van der Waals surface area (Å²) in [6.07, 6.45) is 2.32. The minimum absolute atomic E-state index is 0.115. The minimum atomic E-state index is -2.92. The van der Waals surface area contributed by atoms with Crippen LogP contribution in [-0.2, 0) is 16.9 Å². The number of amides is 1. The van der Waals surface area contributed by atoms with Crippen LogP contribution in [0.5, 0.6) is 0 Å². The number of nitrogens with zero attached hydrogens (tertiary/aromatic N) is 2. The van der Waals surface area contributed by atoms with E-state index in [0.717, 1.165) is 0 Å². The second-order valence-corrected chi connectivity index (χ2v) is 6.78. The molecule has 8 heteroatoms. The average Bonchev–Trinajstić information content (AvgIpc) is 2.62. The maximum atomic E-state index is 12.0. The van der Waals surface area contributed by atoms with Gasteiger partial charge in [0.15, 0.2) is 0 Å². The summed E-state index contributed by atoms with van der Waals surface area (Å²) in [4.78, 5) is 12.0. The van der Waals surface area contributed by atoms with E-state index in [1.54, 1.807) is 7.05 Å². The van der Waals surface area contributed by atoms with Gasteiger partial charge in [0.05, 0.1) is 23.4 Å². The van der Waals surface area contributed by atoms with E-state index in [1.165, 1.54) is 10.9 Å². The van der Waals surface area contributed by atoms with E-state index in [2.05, 4.69) is 10.4 Å². The zero-order valence-electron chi connectivity index (χ0n) is 10.1. The van der Waals surface area contributed by atoms with E-state index < -0.39 is 9.84 Å². The Hall–Kier alpha value is -1.57. The topological polar surface area (TPSA) is 107 Å². The highest BCUT2D eigenvalue weighted by Gasteiger charge is 2.26. The number of aromatic nitrogens is 2. The van der Waals surface area contributed by atoms with E-state index in [9.17, 15) is 13.2 Å². The highest BCUT2D eigenvalue weighted by Crippen LogP contribution is 2.14. The highest BCUT2D eigenvalue weighted by molar-refractivity contribution is 7.91. The first-order valence-corrected chi connectivity index (χ1v) is 7.50. The molecule has 1 amide bonds. The van der Waals surface area contributed by atoms with E-state index in [0.29, 0.717) is 24.2 Å². The van der Waals surface area contributed by atoms with Gasteiger partial charge in [-0.2, -0.15) is 5.10 Å². The number of hydrogen-bond acceptors (Lipinski definition) is 5. The van der Waals surface area contributed by atoms with Crippen LogP contribution in [0.15, 0.2) is 6.20 Å². The molecule has 0 aliphatic carbocycles. The van der Waals surface area contributed by atoms with Crippen LogP contribution in [0.1, 0.15) is 23.3 Å². The minimum Gasteiger partial charge on any atom is -0.396 e. The van der Waals surface area contributed by atoms with Gasteiger partial charge in [-0.3, -0.25) is 9.48 Å². The summed E-state index contributed by atoms with van der Waals surface area (Å²) in [7, 11) is -1.28. The number of sulfone groups is 1. The number of nitrogens with two attached hydrogens (primary N) is 1. The zero-order chi connectivity index (χ0) is 13.3. The molecule has 1 aromatic heterocycles. The van der Waals surface area contributed by atoms with Crippen LogP contribution in [0, 0.1) is 0 Å². The van der Waals surface area contributed by atoms with Crippen molar-refractivity contribution in [3.8, 4) is 0 Å². The van der Waals surface area contributed by atoms with Crippen LogP contribution in [0.25, 0.3) is 0 Å². The van der Waals surface area contributed by atoms with Crippen molar-refractivity contribution in [2.75, 3.05) is 17.2 Å². The van der Waals surface area contributed by atoms with Crippen LogP contribution >= 0.6 is 0 Å². The summed E-state index contributed by atoms with van der Waals surface area (Å²) in [5.74, 6) is -0.0609. The van der Waals surface area contributed by atoms with E-state index in [4.69, 9.17) is 5.73 Å². The molecule has 2 heterocycles. The number of carbonyl (C=O) groups excluding carboxylic acids is 1. The number of hydrogen-bond donors (Lipinski definition) is 2. The molecule has 18 heavy (non-hydrogen) atoms. The predicted octanol–water partition coefficient (Wildman–Crippen LogP) is -0.691. The Labute approximate surface area is 105 Å². The highest BCUT2D eigenvalue weighted by atomic mass is 32.2. The molecule has 0 radical (unpaired) electrons. The first-order valence-electron chi connectivity index (χ1n) is 5.68. The number of nitrogens with one attached hydrogen (secondary N) is 1. The number of carbonyl (C=O) groups is 1. The van der Waals surface area contributed by atoms with Gasteiger partial charge in [0.2, 0.25) is 0 Å². The van der Waals surface area contributed by atoms with Crippen LogP contribution in [0.3, 0.4) is 0 Å².